The summed E-state index contributed by atoms with van der Waals surface area (Å²) in [5.74, 6) is 1.37. The number of rotatable bonds is 3. The maximum Gasteiger partial charge on any atom is 0.161 e. The molecule has 0 aliphatic carbocycles. The molecule has 1 aromatic carbocycles. The van der Waals surface area contributed by atoms with Crippen molar-refractivity contribution >= 4 is 15.9 Å². The fourth-order valence-corrected chi connectivity index (χ4v) is 1.79. The van der Waals surface area contributed by atoms with Gasteiger partial charge in [-0.25, -0.2) is 4.98 Å². The number of ether oxygens (including phenoxy) is 2. The summed E-state index contributed by atoms with van der Waals surface area (Å²) < 4.78 is 11.1. The van der Waals surface area contributed by atoms with Crippen LogP contribution in [0.4, 0.5) is 0 Å². The lowest BCUT2D eigenvalue weighted by atomic mass is 10.1. The van der Waals surface area contributed by atoms with Gasteiger partial charge in [-0.15, -0.1) is 0 Å². The predicted molar refractivity (Wildman–Crippen MR) is 68.3 cm³/mol. The predicted octanol–water partition coefficient (Wildman–Crippen LogP) is 2.92. The van der Waals surface area contributed by atoms with E-state index in [1.807, 2.05) is 18.2 Å². The minimum absolute atomic E-state index is 0.673. The molecular formula is C12H11BrN2O2. The Hall–Kier alpha value is -1.62. The molecule has 0 saturated carbocycles. The van der Waals surface area contributed by atoms with Crippen molar-refractivity contribution in [1.29, 1.82) is 0 Å². The van der Waals surface area contributed by atoms with Gasteiger partial charge in [0.1, 0.15) is 4.60 Å². The minimum Gasteiger partial charge on any atom is -0.493 e. The zero-order valence-corrected chi connectivity index (χ0v) is 11.1. The van der Waals surface area contributed by atoms with Gasteiger partial charge in [-0.3, -0.25) is 4.98 Å². The van der Waals surface area contributed by atoms with Crippen LogP contribution in [0.25, 0.3) is 11.3 Å². The number of aromatic nitrogens is 2. The second-order valence-corrected chi connectivity index (χ2v) is 4.11. The third-order valence-corrected chi connectivity index (χ3v) is 2.67. The maximum atomic E-state index is 5.24. The van der Waals surface area contributed by atoms with E-state index in [0.717, 1.165) is 11.3 Å². The second kappa shape index (κ2) is 5.14. The highest BCUT2D eigenvalue weighted by Crippen LogP contribution is 2.31. The standard InChI is InChI=1S/C12H11BrN2O2/c1-16-10-4-3-8(5-11(10)17-2)9-6-14-7-12(13)15-9/h3-7H,1-2H3. The van der Waals surface area contributed by atoms with Gasteiger partial charge in [0.15, 0.2) is 11.5 Å². The topological polar surface area (TPSA) is 44.2 Å². The van der Waals surface area contributed by atoms with E-state index in [9.17, 15) is 0 Å². The summed E-state index contributed by atoms with van der Waals surface area (Å²) in [6.07, 6.45) is 3.34. The van der Waals surface area contributed by atoms with Crippen molar-refractivity contribution in [3.05, 3.63) is 35.2 Å². The summed E-state index contributed by atoms with van der Waals surface area (Å²) in [7, 11) is 3.21. The van der Waals surface area contributed by atoms with Gasteiger partial charge in [-0.1, -0.05) is 0 Å². The molecular weight excluding hydrogens is 284 g/mol. The van der Waals surface area contributed by atoms with Crippen molar-refractivity contribution in [3.8, 4) is 22.8 Å². The van der Waals surface area contributed by atoms with Crippen LogP contribution in [0.15, 0.2) is 35.2 Å². The van der Waals surface area contributed by atoms with Crippen LogP contribution < -0.4 is 9.47 Å². The molecule has 0 N–H and O–H groups in total. The van der Waals surface area contributed by atoms with E-state index in [1.54, 1.807) is 26.6 Å². The summed E-state index contributed by atoms with van der Waals surface area (Å²) in [6.45, 7) is 0. The molecule has 0 atom stereocenters. The van der Waals surface area contributed by atoms with Crippen molar-refractivity contribution in [2.24, 2.45) is 0 Å². The zero-order valence-electron chi connectivity index (χ0n) is 9.48. The largest absolute Gasteiger partial charge is 0.493 e. The van der Waals surface area contributed by atoms with Crippen LogP contribution in [0.1, 0.15) is 0 Å². The van der Waals surface area contributed by atoms with Gasteiger partial charge in [0.2, 0.25) is 0 Å². The third kappa shape index (κ3) is 2.55. The van der Waals surface area contributed by atoms with E-state index in [1.165, 1.54) is 0 Å². The molecule has 0 aliphatic heterocycles. The maximum absolute atomic E-state index is 5.24. The molecule has 0 aliphatic rings. The molecule has 5 heteroatoms. The number of hydrogen-bond donors (Lipinski definition) is 0. The molecule has 2 rings (SSSR count). The van der Waals surface area contributed by atoms with Crippen LogP contribution in [-0.4, -0.2) is 24.2 Å². The molecule has 88 valence electrons. The number of nitrogens with zero attached hydrogens (tertiary/aromatic N) is 2. The number of benzene rings is 1. The van der Waals surface area contributed by atoms with Crippen LogP contribution in [-0.2, 0) is 0 Å². The summed E-state index contributed by atoms with van der Waals surface area (Å²) in [5.41, 5.74) is 1.71. The van der Waals surface area contributed by atoms with Crippen LogP contribution in [0.2, 0.25) is 0 Å². The number of methoxy groups -OCH3 is 2. The van der Waals surface area contributed by atoms with Crippen molar-refractivity contribution in [3.63, 3.8) is 0 Å². The average Bonchev–Trinajstić information content (AvgIpc) is 2.38. The lowest BCUT2D eigenvalue weighted by molar-refractivity contribution is 0.355. The van der Waals surface area contributed by atoms with E-state index in [0.29, 0.717) is 16.1 Å². The highest BCUT2D eigenvalue weighted by atomic mass is 79.9. The molecule has 1 aromatic heterocycles. The SMILES string of the molecule is COc1ccc(-c2cncc(Br)n2)cc1OC. The van der Waals surface area contributed by atoms with Crippen LogP contribution in [0, 0.1) is 0 Å². The van der Waals surface area contributed by atoms with E-state index in [-0.39, 0.29) is 0 Å². The number of hydrogen-bond acceptors (Lipinski definition) is 4. The van der Waals surface area contributed by atoms with Crippen LogP contribution in [0.5, 0.6) is 11.5 Å². The normalized spacial score (nSPS) is 10.1. The van der Waals surface area contributed by atoms with E-state index < -0.39 is 0 Å². The fraction of sp³-hybridized carbons (Fsp3) is 0.167. The Kier molecular flexibility index (Phi) is 3.58. The molecule has 0 spiro atoms. The third-order valence-electron chi connectivity index (χ3n) is 2.28. The van der Waals surface area contributed by atoms with Gasteiger partial charge >= 0.3 is 0 Å². The lowest BCUT2D eigenvalue weighted by Gasteiger charge is -2.09. The Bertz CT molecular complexity index is 532. The summed E-state index contributed by atoms with van der Waals surface area (Å²) in [5, 5.41) is 0. The summed E-state index contributed by atoms with van der Waals surface area (Å²) in [4.78, 5) is 8.41. The smallest absolute Gasteiger partial charge is 0.161 e. The molecule has 4 nitrogen and oxygen atoms in total. The minimum atomic E-state index is 0.673. The average molecular weight is 295 g/mol. The summed E-state index contributed by atoms with van der Waals surface area (Å²) >= 11 is 3.29. The Balaban J connectivity index is 2.46. The summed E-state index contributed by atoms with van der Waals surface area (Å²) in [6, 6.07) is 5.63. The number of halogens is 1. The zero-order chi connectivity index (χ0) is 12.3. The quantitative estimate of drug-likeness (QED) is 0.873. The molecule has 1 heterocycles. The monoisotopic (exact) mass is 294 g/mol. The lowest BCUT2D eigenvalue weighted by Crippen LogP contribution is -1.92. The molecule has 0 amide bonds. The van der Waals surface area contributed by atoms with Crippen molar-refractivity contribution < 1.29 is 9.47 Å². The fourth-order valence-electron chi connectivity index (χ4n) is 1.48. The Morgan fingerprint density at radius 1 is 1.06 bits per heavy atom. The molecule has 0 unspecified atom stereocenters. The second-order valence-electron chi connectivity index (χ2n) is 3.30. The Morgan fingerprint density at radius 2 is 1.82 bits per heavy atom. The van der Waals surface area contributed by atoms with E-state index >= 15 is 0 Å². The van der Waals surface area contributed by atoms with Crippen molar-refractivity contribution in [2.75, 3.05) is 14.2 Å². The van der Waals surface area contributed by atoms with Gasteiger partial charge in [-0.2, -0.15) is 0 Å². The van der Waals surface area contributed by atoms with Crippen LogP contribution in [0.3, 0.4) is 0 Å². The van der Waals surface area contributed by atoms with Gasteiger partial charge in [0.25, 0.3) is 0 Å². The first-order chi connectivity index (χ1) is 8.24. The Morgan fingerprint density at radius 3 is 2.47 bits per heavy atom. The van der Waals surface area contributed by atoms with Gasteiger partial charge in [0.05, 0.1) is 32.3 Å². The van der Waals surface area contributed by atoms with Gasteiger partial charge in [-0.05, 0) is 34.1 Å². The first-order valence-corrected chi connectivity index (χ1v) is 5.74. The molecule has 2 aromatic rings. The van der Waals surface area contributed by atoms with Crippen molar-refractivity contribution in [2.45, 2.75) is 0 Å². The van der Waals surface area contributed by atoms with E-state index in [2.05, 4.69) is 25.9 Å². The van der Waals surface area contributed by atoms with E-state index in [4.69, 9.17) is 9.47 Å². The van der Waals surface area contributed by atoms with Gasteiger partial charge in [0, 0.05) is 5.56 Å². The highest BCUT2D eigenvalue weighted by molar-refractivity contribution is 9.10. The molecule has 0 fully saturated rings. The van der Waals surface area contributed by atoms with Gasteiger partial charge < -0.3 is 9.47 Å². The van der Waals surface area contributed by atoms with Crippen LogP contribution >= 0.6 is 15.9 Å². The first-order valence-electron chi connectivity index (χ1n) is 4.94. The molecule has 0 saturated heterocycles. The molecule has 0 bridgehead atoms. The van der Waals surface area contributed by atoms with Crippen molar-refractivity contribution in [1.82, 2.24) is 9.97 Å². The molecule has 0 radical (unpaired) electrons. The molecule has 17 heavy (non-hydrogen) atoms. The highest BCUT2D eigenvalue weighted by Gasteiger charge is 2.07. The first kappa shape index (κ1) is 11.9. The Labute approximate surface area is 108 Å².